The molecule has 0 bridgehead atoms. The van der Waals surface area contributed by atoms with Gasteiger partial charge in [0.25, 0.3) is 0 Å². The first-order chi connectivity index (χ1) is 15.0. The lowest BCUT2D eigenvalue weighted by molar-refractivity contribution is -0.154. The molecule has 31 heavy (non-hydrogen) atoms. The fraction of sp³-hybridized carbons (Fsp3) is 0.391. The SMILES string of the molecule is C[C@@H]1CC[C@@H](C)[C@H](OC(=O)Cn2c(-c3ccc(O)c(N=[N+]=[N-])c3)nc3ccccc32)C1. The number of hydrogen-bond donors (Lipinski definition) is 1. The first kappa shape index (κ1) is 20.8. The van der Waals surface area contributed by atoms with Crippen LogP contribution in [0.5, 0.6) is 5.75 Å². The lowest BCUT2D eigenvalue weighted by atomic mass is 9.82. The minimum atomic E-state index is -0.301. The van der Waals surface area contributed by atoms with E-state index < -0.39 is 0 Å². The second kappa shape index (κ2) is 8.70. The van der Waals surface area contributed by atoms with E-state index in [9.17, 15) is 9.90 Å². The van der Waals surface area contributed by atoms with Gasteiger partial charge in [0, 0.05) is 10.5 Å². The smallest absolute Gasteiger partial charge is 0.326 e. The molecule has 1 aliphatic carbocycles. The third-order valence-electron chi connectivity index (χ3n) is 5.99. The lowest BCUT2D eigenvalue weighted by Crippen LogP contribution is -2.32. The molecule has 1 aromatic heterocycles. The number of ether oxygens (including phenoxy) is 1. The molecule has 1 heterocycles. The van der Waals surface area contributed by atoms with E-state index in [0.717, 1.165) is 23.9 Å². The molecule has 0 aliphatic heterocycles. The Bertz CT molecular complexity index is 1170. The number of nitrogens with zero attached hydrogens (tertiary/aromatic N) is 5. The van der Waals surface area contributed by atoms with E-state index in [1.54, 1.807) is 16.7 Å². The van der Waals surface area contributed by atoms with E-state index in [1.807, 2.05) is 24.3 Å². The van der Waals surface area contributed by atoms with Crippen molar-refractivity contribution in [1.82, 2.24) is 9.55 Å². The maximum absolute atomic E-state index is 12.9. The molecule has 160 valence electrons. The zero-order valence-electron chi connectivity index (χ0n) is 17.6. The van der Waals surface area contributed by atoms with Crippen molar-refractivity contribution in [2.75, 3.05) is 0 Å². The van der Waals surface area contributed by atoms with Gasteiger partial charge in [0.05, 0.1) is 16.7 Å². The number of carbonyl (C=O) groups excluding carboxylic acids is 1. The molecule has 0 spiro atoms. The largest absolute Gasteiger partial charge is 0.507 e. The number of phenolic OH excluding ortho intramolecular Hbond substituents is 1. The molecule has 3 atom stereocenters. The molecule has 3 aromatic rings. The van der Waals surface area contributed by atoms with Crippen LogP contribution in [0.1, 0.15) is 33.1 Å². The first-order valence-corrected chi connectivity index (χ1v) is 10.5. The fourth-order valence-electron chi connectivity index (χ4n) is 4.23. The van der Waals surface area contributed by atoms with E-state index >= 15 is 0 Å². The third-order valence-corrected chi connectivity index (χ3v) is 5.99. The highest BCUT2D eigenvalue weighted by Crippen LogP contribution is 2.34. The predicted molar refractivity (Wildman–Crippen MR) is 118 cm³/mol. The van der Waals surface area contributed by atoms with Crippen molar-refractivity contribution in [3.05, 3.63) is 52.9 Å². The number of imidazole rings is 1. The van der Waals surface area contributed by atoms with Crippen molar-refractivity contribution in [1.29, 1.82) is 0 Å². The van der Waals surface area contributed by atoms with E-state index in [0.29, 0.717) is 23.2 Å². The maximum atomic E-state index is 12.9. The van der Waals surface area contributed by atoms with Gasteiger partial charge in [-0.1, -0.05) is 37.5 Å². The van der Waals surface area contributed by atoms with Crippen molar-refractivity contribution in [2.45, 2.75) is 45.8 Å². The topological polar surface area (TPSA) is 113 Å². The van der Waals surface area contributed by atoms with Crippen LogP contribution >= 0.6 is 0 Å². The summed E-state index contributed by atoms with van der Waals surface area (Å²) in [6.07, 6.45) is 3.05. The predicted octanol–water partition coefficient (Wildman–Crippen LogP) is 5.72. The number of azide groups is 1. The van der Waals surface area contributed by atoms with Gasteiger partial charge in [-0.25, -0.2) is 4.98 Å². The Morgan fingerprint density at radius 1 is 1.29 bits per heavy atom. The molecular formula is C23H25N5O3. The number of carbonyl (C=O) groups is 1. The summed E-state index contributed by atoms with van der Waals surface area (Å²) in [5.41, 5.74) is 11.0. The van der Waals surface area contributed by atoms with Gasteiger partial charge in [-0.05, 0) is 60.5 Å². The second-order valence-electron chi connectivity index (χ2n) is 8.33. The van der Waals surface area contributed by atoms with E-state index in [-0.39, 0.29) is 30.1 Å². The Labute approximate surface area is 180 Å². The van der Waals surface area contributed by atoms with Crippen molar-refractivity contribution >= 4 is 22.7 Å². The van der Waals surface area contributed by atoms with Crippen LogP contribution in [0.3, 0.4) is 0 Å². The number of para-hydroxylation sites is 2. The molecule has 0 radical (unpaired) electrons. The van der Waals surface area contributed by atoms with Crippen LogP contribution in [0, 0.1) is 11.8 Å². The molecule has 8 heteroatoms. The molecule has 4 rings (SSSR count). The zero-order valence-corrected chi connectivity index (χ0v) is 17.6. The molecule has 0 unspecified atom stereocenters. The van der Waals surface area contributed by atoms with Crippen LogP contribution in [-0.2, 0) is 16.1 Å². The van der Waals surface area contributed by atoms with Crippen molar-refractivity contribution in [3.8, 4) is 17.1 Å². The van der Waals surface area contributed by atoms with Gasteiger partial charge in [0.2, 0.25) is 0 Å². The highest BCUT2D eigenvalue weighted by Gasteiger charge is 2.29. The normalized spacial score (nSPS) is 20.9. The average Bonchev–Trinajstić information content (AvgIpc) is 3.11. The monoisotopic (exact) mass is 419 g/mol. The Hall–Kier alpha value is -3.51. The third kappa shape index (κ3) is 4.34. The van der Waals surface area contributed by atoms with Crippen LogP contribution in [0.4, 0.5) is 5.69 Å². The van der Waals surface area contributed by atoms with Crippen molar-refractivity contribution < 1.29 is 14.6 Å². The van der Waals surface area contributed by atoms with Crippen LogP contribution in [0.2, 0.25) is 0 Å². The Kier molecular flexibility index (Phi) is 5.82. The number of fused-ring (bicyclic) bond motifs is 1. The fourth-order valence-corrected chi connectivity index (χ4v) is 4.23. The summed E-state index contributed by atoms with van der Waals surface area (Å²) >= 11 is 0. The number of aromatic nitrogens is 2. The summed E-state index contributed by atoms with van der Waals surface area (Å²) in [6, 6.07) is 12.2. The van der Waals surface area contributed by atoms with Gasteiger partial charge in [-0.3, -0.25) is 4.79 Å². The summed E-state index contributed by atoms with van der Waals surface area (Å²) in [6.45, 7) is 4.35. The summed E-state index contributed by atoms with van der Waals surface area (Å²) in [5, 5.41) is 13.5. The molecule has 2 aromatic carbocycles. The number of esters is 1. The van der Waals surface area contributed by atoms with E-state index in [2.05, 4.69) is 28.9 Å². The molecule has 0 amide bonds. The molecule has 8 nitrogen and oxygen atoms in total. The summed E-state index contributed by atoms with van der Waals surface area (Å²) in [4.78, 5) is 20.3. The van der Waals surface area contributed by atoms with Crippen molar-refractivity contribution in [2.24, 2.45) is 17.0 Å². The second-order valence-corrected chi connectivity index (χ2v) is 8.33. The highest BCUT2D eigenvalue weighted by atomic mass is 16.5. The molecule has 1 fully saturated rings. The average molecular weight is 419 g/mol. The van der Waals surface area contributed by atoms with Crippen molar-refractivity contribution in [3.63, 3.8) is 0 Å². The number of aromatic hydroxyl groups is 1. The first-order valence-electron chi connectivity index (χ1n) is 10.5. The highest BCUT2D eigenvalue weighted by molar-refractivity contribution is 5.83. The minimum Gasteiger partial charge on any atom is -0.507 e. The number of rotatable bonds is 5. The zero-order chi connectivity index (χ0) is 22.0. The number of hydrogen-bond acceptors (Lipinski definition) is 5. The Morgan fingerprint density at radius 3 is 2.90 bits per heavy atom. The van der Waals surface area contributed by atoms with Gasteiger partial charge in [-0.15, -0.1) is 0 Å². The van der Waals surface area contributed by atoms with Gasteiger partial charge in [0.15, 0.2) is 0 Å². The Morgan fingerprint density at radius 2 is 2.10 bits per heavy atom. The van der Waals surface area contributed by atoms with Gasteiger partial charge < -0.3 is 14.4 Å². The summed E-state index contributed by atoms with van der Waals surface area (Å²) < 4.78 is 7.68. The van der Waals surface area contributed by atoms with Crippen LogP contribution in [0.15, 0.2) is 47.6 Å². The van der Waals surface area contributed by atoms with E-state index in [4.69, 9.17) is 10.3 Å². The van der Waals surface area contributed by atoms with Crippen LogP contribution in [0.25, 0.3) is 32.9 Å². The summed E-state index contributed by atoms with van der Waals surface area (Å²) in [5.74, 6) is 1.02. The molecule has 0 saturated heterocycles. The maximum Gasteiger partial charge on any atom is 0.326 e. The Balaban J connectivity index is 1.68. The quantitative estimate of drug-likeness (QED) is 0.247. The summed E-state index contributed by atoms with van der Waals surface area (Å²) in [7, 11) is 0. The standard InChI is InChI=1S/C23H25N5O3/c1-14-7-8-15(2)21(11-14)31-22(30)13-28-19-6-4-3-5-17(19)25-23(28)16-9-10-20(29)18(12-16)26-27-24/h3-6,9-10,12,14-15,21,29H,7-8,11,13H2,1-2H3/t14-,15-,21-/m1/s1. The molecular weight excluding hydrogens is 394 g/mol. The van der Waals surface area contributed by atoms with Gasteiger partial charge in [0.1, 0.15) is 24.2 Å². The lowest BCUT2D eigenvalue weighted by Gasteiger charge is -2.32. The minimum absolute atomic E-state index is 0.0190. The van der Waals surface area contributed by atoms with E-state index in [1.165, 1.54) is 12.5 Å². The number of phenols is 1. The van der Waals surface area contributed by atoms with Gasteiger partial charge >= 0.3 is 5.97 Å². The van der Waals surface area contributed by atoms with Gasteiger partial charge in [-0.2, -0.15) is 0 Å². The molecule has 1 N–H and O–H groups in total. The molecule has 1 aliphatic rings. The van der Waals surface area contributed by atoms with Crippen LogP contribution in [-0.4, -0.2) is 26.7 Å². The van der Waals surface area contributed by atoms with Crippen LogP contribution < -0.4 is 0 Å². The number of benzene rings is 2. The molecule has 1 saturated carbocycles.